The van der Waals surface area contributed by atoms with Gasteiger partial charge in [-0.1, -0.05) is 36.5 Å². The Morgan fingerprint density at radius 1 is 1.31 bits per heavy atom. The number of aromatic nitrogens is 6. The van der Waals surface area contributed by atoms with Gasteiger partial charge in [0.15, 0.2) is 21.7 Å². The summed E-state index contributed by atoms with van der Waals surface area (Å²) in [5.41, 5.74) is 0.603. The number of aromatic amines is 1. The molecule has 0 unspecified atom stereocenters. The molecule has 4 rings (SSSR count). The summed E-state index contributed by atoms with van der Waals surface area (Å²) in [6.07, 6.45) is 3.19. The van der Waals surface area contributed by atoms with E-state index in [2.05, 4.69) is 43.0 Å². The Labute approximate surface area is 213 Å². The molecule has 184 valence electrons. The fourth-order valence-corrected chi connectivity index (χ4v) is 4.31. The average Bonchev–Trinajstić information content (AvgIpc) is 3.46. The maximum Gasteiger partial charge on any atom is 0.286 e. The van der Waals surface area contributed by atoms with Crippen LogP contribution >= 0.6 is 27.5 Å². The van der Waals surface area contributed by atoms with Crippen molar-refractivity contribution >= 4 is 44.5 Å². The van der Waals surface area contributed by atoms with Crippen molar-refractivity contribution in [1.29, 1.82) is 10.8 Å². The van der Waals surface area contributed by atoms with E-state index in [0.717, 1.165) is 23.8 Å². The van der Waals surface area contributed by atoms with E-state index in [9.17, 15) is 4.79 Å². The number of aryl methyl sites for hydroxylation is 2. The molecule has 0 saturated carbocycles. The Kier molecular flexibility index (Phi) is 7.51. The van der Waals surface area contributed by atoms with Gasteiger partial charge < -0.3 is 14.2 Å². The lowest BCUT2D eigenvalue weighted by molar-refractivity contribution is 0.414. The van der Waals surface area contributed by atoms with Crippen LogP contribution < -0.4 is 15.9 Å². The highest BCUT2D eigenvalue weighted by Crippen LogP contribution is 2.30. The van der Waals surface area contributed by atoms with Gasteiger partial charge in [0.05, 0.1) is 17.7 Å². The van der Waals surface area contributed by atoms with E-state index in [1.807, 2.05) is 0 Å². The predicted octanol–water partition coefficient (Wildman–Crippen LogP) is 4.13. The molecule has 11 nitrogen and oxygen atoms in total. The second kappa shape index (κ2) is 10.6. The lowest BCUT2D eigenvalue weighted by Crippen LogP contribution is -2.44. The summed E-state index contributed by atoms with van der Waals surface area (Å²) in [5, 5.41) is 21.6. The first-order chi connectivity index (χ1) is 16.8. The molecular weight excluding hydrogens is 540 g/mol. The minimum atomic E-state index is -0.501. The Morgan fingerprint density at radius 3 is 2.83 bits per heavy atom. The molecule has 0 spiro atoms. The predicted molar refractivity (Wildman–Crippen MR) is 134 cm³/mol. The molecule has 3 heterocycles. The van der Waals surface area contributed by atoms with Crippen molar-refractivity contribution in [2.24, 2.45) is 0 Å². The highest BCUT2D eigenvalue weighted by molar-refractivity contribution is 9.10. The van der Waals surface area contributed by atoms with Crippen LogP contribution in [-0.2, 0) is 13.0 Å². The van der Waals surface area contributed by atoms with Crippen LogP contribution in [0, 0.1) is 10.8 Å². The van der Waals surface area contributed by atoms with Gasteiger partial charge in [-0.3, -0.25) is 20.2 Å². The van der Waals surface area contributed by atoms with Crippen LogP contribution in [-0.4, -0.2) is 42.2 Å². The highest BCUT2D eigenvalue weighted by atomic mass is 79.9. The Bertz CT molecular complexity index is 1500. The van der Waals surface area contributed by atoms with E-state index in [4.69, 9.17) is 31.7 Å². The van der Waals surface area contributed by atoms with Crippen LogP contribution in [0.15, 0.2) is 32.3 Å². The number of benzene rings is 1. The van der Waals surface area contributed by atoms with Crippen molar-refractivity contribution < 1.29 is 9.26 Å². The second-order valence-corrected chi connectivity index (χ2v) is 9.02. The molecule has 0 amide bonds. The van der Waals surface area contributed by atoms with Gasteiger partial charge in [-0.2, -0.15) is 4.98 Å². The van der Waals surface area contributed by atoms with Gasteiger partial charge in [-0.15, -0.1) is 0 Å². The quantitative estimate of drug-likeness (QED) is 0.121. The molecule has 13 heteroatoms. The largest absolute Gasteiger partial charge is 0.497 e. The zero-order valence-corrected chi connectivity index (χ0v) is 21.5. The van der Waals surface area contributed by atoms with Crippen molar-refractivity contribution in [1.82, 2.24) is 29.2 Å². The summed E-state index contributed by atoms with van der Waals surface area (Å²) >= 11 is 9.56. The topological polar surface area (TPSA) is 151 Å². The third-order valence-corrected chi connectivity index (χ3v) is 6.20. The zero-order valence-electron chi connectivity index (χ0n) is 19.2. The second-order valence-electron chi connectivity index (χ2n) is 7.86. The first-order valence-electron chi connectivity index (χ1n) is 11.0. The number of ether oxygens (including phenoxy) is 1. The number of H-pyrrole nitrogens is 1. The smallest absolute Gasteiger partial charge is 0.286 e. The molecular formula is C22H24BrClN8O3. The molecule has 3 aromatic heterocycles. The van der Waals surface area contributed by atoms with Crippen molar-refractivity contribution in [3.8, 4) is 17.2 Å². The molecule has 3 N–H and O–H groups in total. The van der Waals surface area contributed by atoms with Gasteiger partial charge in [0.25, 0.3) is 11.4 Å². The molecule has 0 aliphatic heterocycles. The number of hydrogen-bond acceptors (Lipinski definition) is 8. The molecule has 0 fully saturated rings. The lowest BCUT2D eigenvalue weighted by atomic mass is 10.2. The van der Waals surface area contributed by atoms with E-state index in [-0.39, 0.29) is 35.7 Å². The van der Waals surface area contributed by atoms with Crippen LogP contribution in [0.25, 0.3) is 22.6 Å². The molecule has 0 aliphatic rings. The van der Waals surface area contributed by atoms with Crippen molar-refractivity contribution in [3.05, 3.63) is 49.8 Å². The minimum Gasteiger partial charge on any atom is -0.497 e. The summed E-state index contributed by atoms with van der Waals surface area (Å²) in [4.78, 5) is 24.7. The molecule has 1 aromatic carbocycles. The molecule has 0 saturated heterocycles. The molecule has 35 heavy (non-hydrogen) atoms. The molecule has 0 aliphatic carbocycles. The maximum absolute atomic E-state index is 13.1. The van der Waals surface area contributed by atoms with Crippen molar-refractivity contribution in [2.45, 2.75) is 45.6 Å². The first-order valence-corrected chi connectivity index (χ1v) is 12.2. The monoisotopic (exact) mass is 562 g/mol. The molecule has 0 radical (unpaired) electrons. The van der Waals surface area contributed by atoms with Crippen LogP contribution in [0.1, 0.15) is 38.4 Å². The first kappa shape index (κ1) is 24.9. The minimum absolute atomic E-state index is 0.0503. The number of halogens is 2. The number of unbranched alkanes of at least 4 members (excludes halogenated alkanes) is 2. The van der Waals surface area contributed by atoms with Gasteiger partial charge in [0.1, 0.15) is 11.6 Å². The van der Waals surface area contributed by atoms with E-state index in [1.165, 1.54) is 0 Å². The molecule has 0 atom stereocenters. The third-order valence-electron chi connectivity index (χ3n) is 5.51. The van der Waals surface area contributed by atoms with Crippen LogP contribution in [0.5, 0.6) is 5.75 Å². The fraction of sp³-hybridized carbons (Fsp3) is 0.364. The summed E-state index contributed by atoms with van der Waals surface area (Å²) in [6, 6.07) is 5.11. The molecule has 0 bridgehead atoms. The van der Waals surface area contributed by atoms with Crippen molar-refractivity contribution in [3.63, 3.8) is 0 Å². The average molecular weight is 564 g/mol. The van der Waals surface area contributed by atoms with E-state index in [1.54, 1.807) is 29.9 Å². The Morgan fingerprint density at radius 2 is 2.11 bits per heavy atom. The summed E-state index contributed by atoms with van der Waals surface area (Å²) in [7, 11) is 1.55. The van der Waals surface area contributed by atoms with E-state index >= 15 is 0 Å². The Balaban J connectivity index is 1.58. The van der Waals surface area contributed by atoms with Crippen LogP contribution in [0.2, 0.25) is 5.02 Å². The fourth-order valence-electron chi connectivity index (χ4n) is 3.69. The van der Waals surface area contributed by atoms with Gasteiger partial charge in [0.2, 0.25) is 5.62 Å². The summed E-state index contributed by atoms with van der Waals surface area (Å²) < 4.78 is 13.6. The van der Waals surface area contributed by atoms with E-state index in [0.29, 0.717) is 39.1 Å². The van der Waals surface area contributed by atoms with Crippen LogP contribution in [0.4, 0.5) is 0 Å². The normalized spacial score (nSPS) is 11.3. The number of methoxy groups -OCH3 is 1. The number of nitrogens with zero attached hydrogens (tertiary/aromatic N) is 5. The number of fused-ring (bicyclic) bond motifs is 1. The Hall–Kier alpha value is -3.25. The zero-order chi connectivity index (χ0) is 25.1. The lowest BCUT2D eigenvalue weighted by Gasteiger charge is -2.13. The van der Waals surface area contributed by atoms with Gasteiger partial charge >= 0.3 is 0 Å². The SMILES string of the molecule is CCCCCn1c(=N)n(C(=N)CCc2noc(-c3ccc(OC)cc3Cl)n2)c(=O)c2[nH]c(Br)nc21. The molecule has 4 aromatic rings. The highest BCUT2D eigenvalue weighted by Gasteiger charge is 2.19. The number of rotatable bonds is 9. The van der Waals surface area contributed by atoms with Crippen LogP contribution in [0.3, 0.4) is 0 Å². The van der Waals surface area contributed by atoms with Gasteiger partial charge in [-0.05, 0) is 40.5 Å². The number of hydrogen-bond donors (Lipinski definition) is 3. The number of nitrogens with one attached hydrogen (secondary N) is 3. The number of imidazole rings is 1. The van der Waals surface area contributed by atoms with Gasteiger partial charge in [-0.25, -0.2) is 9.55 Å². The summed E-state index contributed by atoms with van der Waals surface area (Å²) in [6.45, 7) is 2.61. The van der Waals surface area contributed by atoms with E-state index < -0.39 is 5.56 Å². The standard InChI is InChI=1S/C22H24BrClN8O3/c1-3-4-5-10-31-18-17(28-21(23)29-18)20(33)32(22(31)26)15(25)8-9-16-27-19(35-30-16)13-7-6-12(34-2)11-14(13)24/h6-7,11,25-26H,3-5,8-10H2,1-2H3,(H,28,29). The summed E-state index contributed by atoms with van der Waals surface area (Å²) in [5.74, 6) is 1.16. The van der Waals surface area contributed by atoms with Crippen molar-refractivity contribution in [2.75, 3.05) is 7.11 Å². The van der Waals surface area contributed by atoms with Gasteiger partial charge in [0, 0.05) is 19.4 Å². The maximum atomic E-state index is 13.1. The third kappa shape index (κ3) is 5.08.